The summed E-state index contributed by atoms with van der Waals surface area (Å²) in [4.78, 5) is 15.2. The molecular formula is C20H16FN7O2S. The molecule has 11 heteroatoms. The van der Waals surface area contributed by atoms with Gasteiger partial charge in [0.1, 0.15) is 10.7 Å². The second-order valence-electron chi connectivity index (χ2n) is 6.91. The molecule has 0 atom stereocenters. The van der Waals surface area contributed by atoms with Gasteiger partial charge >= 0.3 is 0 Å². The van der Waals surface area contributed by atoms with Gasteiger partial charge in [-0.05, 0) is 58.9 Å². The Morgan fingerprint density at radius 2 is 2.06 bits per heavy atom. The van der Waals surface area contributed by atoms with Crippen molar-refractivity contribution in [3.8, 4) is 0 Å². The topological polar surface area (TPSA) is 134 Å². The van der Waals surface area contributed by atoms with Crippen molar-refractivity contribution in [2.75, 3.05) is 11.6 Å². The number of aromatic nitrogens is 3. The van der Waals surface area contributed by atoms with E-state index in [9.17, 15) is 12.8 Å². The number of hydrogen-bond acceptors (Lipinski definition) is 7. The first-order valence-electron chi connectivity index (χ1n) is 9.12. The molecule has 1 aromatic carbocycles. The molecule has 0 saturated heterocycles. The molecule has 0 unspecified atom stereocenters. The number of sulfone groups is 1. The zero-order valence-electron chi connectivity index (χ0n) is 16.5. The molecule has 4 rings (SSSR count). The number of nitrogens with one attached hydrogen (secondary N) is 1. The summed E-state index contributed by atoms with van der Waals surface area (Å²) >= 11 is 0. The molecule has 0 aliphatic heterocycles. The van der Waals surface area contributed by atoms with Gasteiger partial charge in [-0.3, -0.25) is 4.98 Å². The summed E-state index contributed by atoms with van der Waals surface area (Å²) < 4.78 is 38.3. The molecule has 0 amide bonds. The fraction of sp³-hybridized carbons (Fsp3) is 0.150. The number of halogens is 1. The minimum Gasteiger partial charge on any atom is -0.322 e. The average Bonchev–Trinajstić information content (AvgIpc) is 3.15. The van der Waals surface area contributed by atoms with E-state index in [2.05, 4.69) is 30.3 Å². The highest BCUT2D eigenvalue weighted by molar-refractivity contribution is 7.90. The summed E-state index contributed by atoms with van der Waals surface area (Å²) in [5.74, 6) is -0.467. The Morgan fingerprint density at radius 1 is 1.26 bits per heavy atom. The molecular weight excluding hydrogens is 421 g/mol. The number of benzene rings is 1. The van der Waals surface area contributed by atoms with Crippen LogP contribution < -0.4 is 5.32 Å². The highest BCUT2D eigenvalue weighted by Gasteiger charge is 2.22. The lowest BCUT2D eigenvalue weighted by molar-refractivity contribution is 0.573. The second kappa shape index (κ2) is 7.78. The largest absolute Gasteiger partial charge is 0.322 e. The summed E-state index contributed by atoms with van der Waals surface area (Å²) in [5, 5.41) is 6.40. The van der Waals surface area contributed by atoms with Crippen LogP contribution in [0.3, 0.4) is 0 Å². The summed E-state index contributed by atoms with van der Waals surface area (Å²) in [6.07, 6.45) is 6.58. The molecule has 0 saturated carbocycles. The first-order chi connectivity index (χ1) is 14.8. The third-order valence-electron chi connectivity index (χ3n) is 4.81. The number of hydrogen-bond donors (Lipinski definition) is 1. The maximum absolute atomic E-state index is 14.7. The molecule has 0 spiro atoms. The minimum atomic E-state index is -3.72. The van der Waals surface area contributed by atoms with Crippen LogP contribution >= 0.6 is 0 Å². The number of aryl methyl sites for hydroxylation is 1. The summed E-state index contributed by atoms with van der Waals surface area (Å²) in [6.45, 7) is 1.85. The second-order valence-corrected chi connectivity index (χ2v) is 8.90. The van der Waals surface area contributed by atoms with E-state index in [1.807, 2.05) is 19.1 Å². The summed E-state index contributed by atoms with van der Waals surface area (Å²) in [7, 11) is -3.72. The Labute approximate surface area is 177 Å². The first kappa shape index (κ1) is 20.5. The molecule has 0 bridgehead atoms. The Hall–Kier alpha value is -3.82. The molecule has 3 aromatic rings. The van der Waals surface area contributed by atoms with Crippen molar-refractivity contribution in [2.24, 2.45) is 5.11 Å². The molecule has 156 valence electrons. The van der Waals surface area contributed by atoms with Gasteiger partial charge < -0.3 is 5.32 Å². The predicted octanol–water partition coefficient (Wildman–Crippen LogP) is 4.40. The average molecular weight is 437 g/mol. The number of allylic oxidation sites excluding steroid dienone is 1. The van der Waals surface area contributed by atoms with E-state index in [1.165, 1.54) is 18.2 Å². The van der Waals surface area contributed by atoms with E-state index >= 15 is 0 Å². The number of fused-ring (bicyclic) bond motifs is 1. The number of nitrogens with zero attached hydrogens (tertiary/aromatic N) is 6. The molecule has 2 heterocycles. The number of rotatable bonds is 5. The third kappa shape index (κ3) is 3.83. The zero-order chi connectivity index (χ0) is 22.2. The van der Waals surface area contributed by atoms with Crippen LogP contribution in [0.4, 0.5) is 21.8 Å². The fourth-order valence-corrected chi connectivity index (χ4v) is 4.15. The van der Waals surface area contributed by atoms with Crippen LogP contribution in [0.15, 0.2) is 52.7 Å². The maximum atomic E-state index is 14.7. The third-order valence-corrected chi connectivity index (χ3v) is 5.92. The molecule has 1 aliphatic rings. The summed E-state index contributed by atoms with van der Waals surface area (Å²) in [5.41, 5.74) is 12.6. The lowest BCUT2D eigenvalue weighted by Gasteiger charge is -2.12. The molecule has 2 aromatic heterocycles. The summed E-state index contributed by atoms with van der Waals surface area (Å²) in [6, 6.07) is 5.87. The van der Waals surface area contributed by atoms with E-state index in [0.717, 1.165) is 28.5 Å². The first-order valence-corrected chi connectivity index (χ1v) is 11.0. The smallest absolute Gasteiger partial charge is 0.227 e. The van der Waals surface area contributed by atoms with Crippen LogP contribution in [-0.4, -0.2) is 29.6 Å². The van der Waals surface area contributed by atoms with Crippen molar-refractivity contribution in [2.45, 2.75) is 18.2 Å². The van der Waals surface area contributed by atoms with Crippen LogP contribution in [0.5, 0.6) is 0 Å². The van der Waals surface area contributed by atoms with Gasteiger partial charge in [-0.15, -0.1) is 0 Å². The van der Waals surface area contributed by atoms with Gasteiger partial charge in [0, 0.05) is 29.1 Å². The maximum Gasteiger partial charge on any atom is 0.227 e. The molecule has 0 radical (unpaired) electrons. The fourth-order valence-electron chi connectivity index (χ4n) is 3.39. The SMILES string of the molecule is Cc1cnc(Nc2cccc(S(C)(=O)=O)c2F)nc1C1=CCc2c1ccnc2N=[N+]=[N-]. The van der Waals surface area contributed by atoms with E-state index in [4.69, 9.17) is 5.53 Å². The standard InChI is InChI=1S/C20H16FN7O2S/c1-11-10-24-20(25-15-4-3-5-16(17(15)21)31(2,29)30)26-18(11)13-6-7-14-12(13)8-9-23-19(14)27-28-22/h3-6,8-10H,7H2,1-2H3,(H,24,25,26). The van der Waals surface area contributed by atoms with Gasteiger partial charge in [0.2, 0.25) is 5.95 Å². The normalized spacial score (nSPS) is 12.7. The van der Waals surface area contributed by atoms with Crippen LogP contribution in [0.2, 0.25) is 0 Å². The minimum absolute atomic E-state index is 0.0478. The molecule has 1 aliphatic carbocycles. The quantitative estimate of drug-likeness (QED) is 0.357. The molecule has 9 nitrogen and oxygen atoms in total. The Kier molecular flexibility index (Phi) is 5.14. The monoisotopic (exact) mass is 437 g/mol. The number of anilines is 2. The number of pyridine rings is 1. The van der Waals surface area contributed by atoms with E-state index in [-0.39, 0.29) is 11.6 Å². The van der Waals surface area contributed by atoms with Gasteiger partial charge in [-0.2, -0.15) is 0 Å². The van der Waals surface area contributed by atoms with Crippen molar-refractivity contribution in [1.82, 2.24) is 15.0 Å². The van der Waals surface area contributed by atoms with E-state index in [1.54, 1.807) is 12.4 Å². The van der Waals surface area contributed by atoms with Crippen LogP contribution in [0.25, 0.3) is 16.0 Å². The Balaban J connectivity index is 1.73. The van der Waals surface area contributed by atoms with Gasteiger partial charge in [-0.1, -0.05) is 12.1 Å². The zero-order valence-corrected chi connectivity index (χ0v) is 17.4. The Bertz CT molecular complexity index is 1400. The molecule has 0 fully saturated rings. The molecule has 1 N–H and O–H groups in total. The van der Waals surface area contributed by atoms with E-state index < -0.39 is 20.5 Å². The van der Waals surface area contributed by atoms with Crippen LogP contribution in [0.1, 0.15) is 22.4 Å². The number of azide groups is 1. The lowest BCUT2D eigenvalue weighted by Crippen LogP contribution is -2.06. The predicted molar refractivity (Wildman–Crippen MR) is 113 cm³/mol. The molecule has 31 heavy (non-hydrogen) atoms. The van der Waals surface area contributed by atoms with Gasteiger partial charge in [0.05, 0.1) is 11.4 Å². The van der Waals surface area contributed by atoms with Crippen LogP contribution in [-0.2, 0) is 16.3 Å². The van der Waals surface area contributed by atoms with E-state index in [0.29, 0.717) is 17.9 Å². The van der Waals surface area contributed by atoms with Crippen LogP contribution in [0, 0.1) is 12.7 Å². The highest BCUT2D eigenvalue weighted by atomic mass is 32.2. The van der Waals surface area contributed by atoms with Crippen molar-refractivity contribution >= 4 is 32.9 Å². The highest BCUT2D eigenvalue weighted by Crippen LogP contribution is 2.37. The van der Waals surface area contributed by atoms with Crippen molar-refractivity contribution in [3.63, 3.8) is 0 Å². The van der Waals surface area contributed by atoms with Gasteiger partial charge in [0.25, 0.3) is 0 Å². The van der Waals surface area contributed by atoms with Gasteiger partial charge in [0.15, 0.2) is 15.7 Å². The lowest BCUT2D eigenvalue weighted by atomic mass is 10.0. The van der Waals surface area contributed by atoms with Crippen molar-refractivity contribution in [1.29, 1.82) is 0 Å². The van der Waals surface area contributed by atoms with Gasteiger partial charge in [-0.25, -0.2) is 22.8 Å². The van der Waals surface area contributed by atoms with Crippen molar-refractivity contribution < 1.29 is 12.8 Å². The van der Waals surface area contributed by atoms with Crippen molar-refractivity contribution in [3.05, 3.63) is 81.4 Å². The Morgan fingerprint density at radius 3 is 2.81 bits per heavy atom.